The van der Waals surface area contributed by atoms with E-state index in [1.165, 1.54) is 11.1 Å². The molecule has 1 N–H and O–H groups in total. The molecule has 1 aliphatic carbocycles. The van der Waals surface area contributed by atoms with Gasteiger partial charge >= 0.3 is 0 Å². The van der Waals surface area contributed by atoms with Gasteiger partial charge < -0.3 is 5.32 Å². The van der Waals surface area contributed by atoms with Gasteiger partial charge in [0.1, 0.15) is 0 Å². The number of hydrogen-bond donors (Lipinski definition) is 1. The van der Waals surface area contributed by atoms with E-state index in [0.29, 0.717) is 11.7 Å². The van der Waals surface area contributed by atoms with Crippen LogP contribution in [0, 0.1) is 5.92 Å². The average molecular weight is 263 g/mol. The summed E-state index contributed by atoms with van der Waals surface area (Å²) >= 11 is 0. The van der Waals surface area contributed by atoms with E-state index in [9.17, 15) is 4.79 Å². The molecule has 2 nitrogen and oxygen atoms in total. The number of para-hydroxylation sites is 1. The average Bonchev–Trinajstić information content (AvgIpc) is 3.18. The molecule has 1 fully saturated rings. The van der Waals surface area contributed by atoms with Gasteiger partial charge in [-0.05, 0) is 29.5 Å². The fourth-order valence-corrected chi connectivity index (χ4v) is 3.31. The molecule has 0 saturated heterocycles. The van der Waals surface area contributed by atoms with Gasteiger partial charge in [0.15, 0.2) is 5.78 Å². The standard InChI is InChI=1S/C18H17NO/c20-18(15-11-14(15)12-6-2-1-3-7-12)17-10-13-8-4-5-9-16(13)19-17/h1-9,14-15,17,19H,10-11H2. The van der Waals surface area contributed by atoms with Crippen LogP contribution in [0.15, 0.2) is 54.6 Å². The molecule has 0 radical (unpaired) electrons. The summed E-state index contributed by atoms with van der Waals surface area (Å²) in [4.78, 5) is 12.6. The van der Waals surface area contributed by atoms with Crippen LogP contribution in [0.2, 0.25) is 0 Å². The molecule has 4 rings (SSSR count). The van der Waals surface area contributed by atoms with E-state index in [-0.39, 0.29) is 12.0 Å². The normalized spacial score (nSPS) is 26.7. The molecule has 2 aromatic rings. The zero-order valence-corrected chi connectivity index (χ0v) is 11.3. The van der Waals surface area contributed by atoms with E-state index in [4.69, 9.17) is 0 Å². The maximum atomic E-state index is 12.6. The van der Waals surface area contributed by atoms with Crippen molar-refractivity contribution >= 4 is 11.5 Å². The van der Waals surface area contributed by atoms with Gasteiger partial charge in [0.05, 0.1) is 6.04 Å². The lowest BCUT2D eigenvalue weighted by Gasteiger charge is -2.10. The van der Waals surface area contributed by atoms with Gasteiger partial charge in [0.25, 0.3) is 0 Å². The number of carbonyl (C=O) groups is 1. The van der Waals surface area contributed by atoms with Gasteiger partial charge in [-0.2, -0.15) is 0 Å². The van der Waals surface area contributed by atoms with Crippen LogP contribution in [0.3, 0.4) is 0 Å². The summed E-state index contributed by atoms with van der Waals surface area (Å²) in [5.41, 5.74) is 3.70. The fraction of sp³-hybridized carbons (Fsp3) is 0.278. The molecule has 0 amide bonds. The molecule has 2 heteroatoms. The maximum Gasteiger partial charge on any atom is 0.159 e. The highest BCUT2D eigenvalue weighted by atomic mass is 16.1. The third-order valence-electron chi connectivity index (χ3n) is 4.50. The molecule has 100 valence electrons. The first-order chi connectivity index (χ1) is 9.83. The van der Waals surface area contributed by atoms with E-state index in [1.807, 2.05) is 18.2 Å². The molecule has 3 unspecified atom stereocenters. The minimum Gasteiger partial charge on any atom is -0.375 e. The summed E-state index contributed by atoms with van der Waals surface area (Å²) < 4.78 is 0. The van der Waals surface area contributed by atoms with Crippen molar-refractivity contribution < 1.29 is 4.79 Å². The molecule has 1 saturated carbocycles. The number of Topliss-reactive ketones (excluding diaryl/α,β-unsaturated/α-hetero) is 1. The summed E-state index contributed by atoms with van der Waals surface area (Å²) in [5.74, 6) is 1.04. The first kappa shape index (κ1) is 11.7. The van der Waals surface area contributed by atoms with Crippen LogP contribution in [0.5, 0.6) is 0 Å². The van der Waals surface area contributed by atoms with Gasteiger partial charge in [-0.3, -0.25) is 4.79 Å². The van der Waals surface area contributed by atoms with Crippen molar-refractivity contribution in [1.29, 1.82) is 0 Å². The minimum atomic E-state index is -0.0221. The van der Waals surface area contributed by atoms with Crippen LogP contribution in [0.1, 0.15) is 23.5 Å². The number of carbonyl (C=O) groups excluding carboxylic acids is 1. The Kier molecular flexibility index (Phi) is 2.62. The second-order valence-corrected chi connectivity index (χ2v) is 5.82. The highest BCUT2D eigenvalue weighted by Gasteiger charge is 2.46. The van der Waals surface area contributed by atoms with Crippen molar-refractivity contribution in [2.45, 2.75) is 24.8 Å². The van der Waals surface area contributed by atoms with E-state index in [0.717, 1.165) is 18.5 Å². The van der Waals surface area contributed by atoms with Crippen molar-refractivity contribution in [1.82, 2.24) is 0 Å². The van der Waals surface area contributed by atoms with Gasteiger partial charge in [-0.1, -0.05) is 48.5 Å². The lowest BCUT2D eigenvalue weighted by atomic mass is 10.0. The highest BCUT2D eigenvalue weighted by molar-refractivity contribution is 5.93. The first-order valence-electron chi connectivity index (χ1n) is 7.26. The van der Waals surface area contributed by atoms with Crippen LogP contribution in [-0.2, 0) is 11.2 Å². The number of ketones is 1. The minimum absolute atomic E-state index is 0.0221. The number of anilines is 1. The van der Waals surface area contributed by atoms with Crippen LogP contribution in [0.25, 0.3) is 0 Å². The Balaban J connectivity index is 1.46. The molecular weight excluding hydrogens is 246 g/mol. The number of benzene rings is 2. The van der Waals surface area contributed by atoms with Crippen molar-refractivity contribution in [2.24, 2.45) is 5.92 Å². The molecule has 0 aromatic heterocycles. The van der Waals surface area contributed by atoms with Crippen molar-refractivity contribution in [3.63, 3.8) is 0 Å². The predicted octanol–water partition coefficient (Wildman–Crippen LogP) is 3.40. The van der Waals surface area contributed by atoms with E-state index >= 15 is 0 Å². The Morgan fingerprint density at radius 2 is 1.75 bits per heavy atom. The monoisotopic (exact) mass is 263 g/mol. The molecular formula is C18H17NO. The van der Waals surface area contributed by atoms with Gasteiger partial charge in [-0.15, -0.1) is 0 Å². The van der Waals surface area contributed by atoms with Gasteiger partial charge in [0, 0.05) is 18.0 Å². The molecule has 3 atom stereocenters. The van der Waals surface area contributed by atoms with Gasteiger partial charge in [0.2, 0.25) is 0 Å². The Labute approximate surface area is 118 Å². The molecule has 2 aromatic carbocycles. The zero-order chi connectivity index (χ0) is 13.5. The van der Waals surface area contributed by atoms with Crippen LogP contribution in [0.4, 0.5) is 5.69 Å². The third-order valence-corrected chi connectivity index (χ3v) is 4.50. The molecule has 2 aliphatic rings. The van der Waals surface area contributed by atoms with Crippen LogP contribution < -0.4 is 5.32 Å². The van der Waals surface area contributed by atoms with Crippen LogP contribution >= 0.6 is 0 Å². The topological polar surface area (TPSA) is 29.1 Å². The van der Waals surface area contributed by atoms with Crippen molar-refractivity contribution in [3.05, 3.63) is 65.7 Å². The van der Waals surface area contributed by atoms with E-state index < -0.39 is 0 Å². The van der Waals surface area contributed by atoms with Crippen molar-refractivity contribution in [2.75, 3.05) is 5.32 Å². The summed E-state index contributed by atoms with van der Waals surface area (Å²) in [6, 6.07) is 18.6. The molecule has 1 aliphatic heterocycles. The lowest BCUT2D eigenvalue weighted by molar-refractivity contribution is -0.120. The third kappa shape index (κ3) is 1.92. The maximum absolute atomic E-state index is 12.6. The Morgan fingerprint density at radius 1 is 1.00 bits per heavy atom. The second kappa shape index (κ2) is 4.48. The van der Waals surface area contributed by atoms with Crippen LogP contribution in [-0.4, -0.2) is 11.8 Å². The molecule has 0 bridgehead atoms. The van der Waals surface area contributed by atoms with E-state index in [1.54, 1.807) is 0 Å². The highest BCUT2D eigenvalue weighted by Crippen LogP contribution is 2.49. The SMILES string of the molecule is O=C(C1Cc2ccccc2N1)C1CC1c1ccccc1. The molecule has 20 heavy (non-hydrogen) atoms. The van der Waals surface area contributed by atoms with Crippen molar-refractivity contribution in [3.8, 4) is 0 Å². The summed E-state index contributed by atoms with van der Waals surface area (Å²) in [6.45, 7) is 0. The quantitative estimate of drug-likeness (QED) is 0.919. The number of rotatable bonds is 3. The smallest absolute Gasteiger partial charge is 0.159 e. The second-order valence-electron chi connectivity index (χ2n) is 5.82. The Hall–Kier alpha value is -2.09. The zero-order valence-electron chi connectivity index (χ0n) is 11.3. The molecule has 1 heterocycles. The molecule has 0 spiro atoms. The summed E-state index contributed by atoms with van der Waals surface area (Å²) in [6.07, 6.45) is 1.85. The number of nitrogens with one attached hydrogen (secondary N) is 1. The fourth-order valence-electron chi connectivity index (χ4n) is 3.31. The predicted molar refractivity (Wildman–Crippen MR) is 79.9 cm³/mol. The van der Waals surface area contributed by atoms with Gasteiger partial charge in [-0.25, -0.2) is 0 Å². The van der Waals surface area contributed by atoms with E-state index in [2.05, 4.69) is 41.7 Å². The first-order valence-corrected chi connectivity index (χ1v) is 7.26. The Bertz CT molecular complexity index is 624. The number of fused-ring (bicyclic) bond motifs is 1. The summed E-state index contributed by atoms with van der Waals surface area (Å²) in [7, 11) is 0. The lowest BCUT2D eigenvalue weighted by Crippen LogP contribution is -2.28. The summed E-state index contributed by atoms with van der Waals surface area (Å²) in [5, 5.41) is 3.38. The largest absolute Gasteiger partial charge is 0.375 e. The Morgan fingerprint density at radius 3 is 2.55 bits per heavy atom. The number of hydrogen-bond acceptors (Lipinski definition) is 2.